The Labute approximate surface area is 127 Å². The molecule has 3 rings (SSSR count). The maximum absolute atomic E-state index is 5.93. The van der Waals surface area contributed by atoms with Crippen molar-refractivity contribution < 1.29 is 4.74 Å². The first kappa shape index (κ1) is 14.8. The molecule has 4 nitrogen and oxygen atoms in total. The van der Waals surface area contributed by atoms with Gasteiger partial charge in [-0.3, -0.25) is 4.98 Å². The highest BCUT2D eigenvalue weighted by Crippen LogP contribution is 2.34. The van der Waals surface area contributed by atoms with Gasteiger partial charge in [0.2, 0.25) is 0 Å². The third-order valence-electron chi connectivity index (χ3n) is 4.48. The Morgan fingerprint density at radius 3 is 3.05 bits per heavy atom. The SMILES string of the molecule is CC(C)(C)NCc1cnccc1N1CCOC2CCCC21. The number of nitrogens with zero attached hydrogens (tertiary/aromatic N) is 2. The van der Waals surface area contributed by atoms with E-state index in [2.05, 4.69) is 42.0 Å². The van der Waals surface area contributed by atoms with Crippen molar-refractivity contribution in [3.05, 3.63) is 24.0 Å². The molecule has 2 unspecified atom stereocenters. The van der Waals surface area contributed by atoms with Crippen molar-refractivity contribution in [3.8, 4) is 0 Å². The summed E-state index contributed by atoms with van der Waals surface area (Å²) in [5.41, 5.74) is 2.75. The molecule has 1 aromatic rings. The highest BCUT2D eigenvalue weighted by Gasteiger charge is 2.36. The minimum atomic E-state index is 0.119. The first-order valence-electron chi connectivity index (χ1n) is 8.11. The van der Waals surface area contributed by atoms with Crippen LogP contribution in [0, 0.1) is 0 Å². The topological polar surface area (TPSA) is 37.4 Å². The van der Waals surface area contributed by atoms with Crippen LogP contribution in [0.25, 0.3) is 0 Å². The second kappa shape index (κ2) is 5.93. The standard InChI is InChI=1S/C17H27N3O/c1-17(2,3)19-12-13-11-18-8-7-14(13)20-9-10-21-16-6-4-5-15(16)20/h7-8,11,15-16,19H,4-6,9-10,12H2,1-3H3. The molecule has 116 valence electrons. The summed E-state index contributed by atoms with van der Waals surface area (Å²) in [5.74, 6) is 0. The van der Waals surface area contributed by atoms with Crippen molar-refractivity contribution in [1.82, 2.24) is 10.3 Å². The normalized spacial score (nSPS) is 26.0. The van der Waals surface area contributed by atoms with Gasteiger partial charge in [-0.1, -0.05) is 0 Å². The Hall–Kier alpha value is -1.13. The number of morpholine rings is 1. The Kier molecular flexibility index (Phi) is 4.18. The summed E-state index contributed by atoms with van der Waals surface area (Å²) < 4.78 is 5.93. The van der Waals surface area contributed by atoms with Crippen molar-refractivity contribution in [3.63, 3.8) is 0 Å². The molecule has 2 fully saturated rings. The maximum atomic E-state index is 5.93. The van der Waals surface area contributed by atoms with E-state index in [1.807, 2.05) is 12.4 Å². The highest BCUT2D eigenvalue weighted by molar-refractivity contribution is 5.54. The van der Waals surface area contributed by atoms with Gasteiger partial charge in [-0.15, -0.1) is 0 Å². The van der Waals surface area contributed by atoms with Crippen molar-refractivity contribution in [2.24, 2.45) is 0 Å². The lowest BCUT2D eigenvalue weighted by molar-refractivity contribution is 0.0255. The van der Waals surface area contributed by atoms with Crippen molar-refractivity contribution in [2.75, 3.05) is 18.1 Å². The Morgan fingerprint density at radius 1 is 1.38 bits per heavy atom. The van der Waals surface area contributed by atoms with E-state index in [4.69, 9.17) is 4.74 Å². The molecule has 4 heteroatoms. The van der Waals surface area contributed by atoms with Crippen LogP contribution in [0.5, 0.6) is 0 Å². The number of aromatic nitrogens is 1. The number of hydrogen-bond donors (Lipinski definition) is 1. The molecular formula is C17H27N3O. The molecule has 1 aliphatic carbocycles. The van der Waals surface area contributed by atoms with Gasteiger partial charge in [0, 0.05) is 42.3 Å². The summed E-state index contributed by atoms with van der Waals surface area (Å²) in [6, 6.07) is 2.72. The molecule has 0 aromatic carbocycles. The van der Waals surface area contributed by atoms with Gasteiger partial charge in [0.1, 0.15) is 0 Å². The summed E-state index contributed by atoms with van der Waals surface area (Å²) in [6.07, 6.45) is 8.09. The highest BCUT2D eigenvalue weighted by atomic mass is 16.5. The van der Waals surface area contributed by atoms with E-state index in [9.17, 15) is 0 Å². The number of hydrogen-bond acceptors (Lipinski definition) is 4. The van der Waals surface area contributed by atoms with E-state index in [0.29, 0.717) is 12.1 Å². The summed E-state index contributed by atoms with van der Waals surface area (Å²) in [4.78, 5) is 6.89. The van der Waals surface area contributed by atoms with Gasteiger partial charge in [0.25, 0.3) is 0 Å². The van der Waals surface area contributed by atoms with Gasteiger partial charge in [-0.25, -0.2) is 0 Å². The van der Waals surface area contributed by atoms with E-state index in [-0.39, 0.29) is 5.54 Å². The van der Waals surface area contributed by atoms with Crippen LogP contribution in [0.15, 0.2) is 18.5 Å². The van der Waals surface area contributed by atoms with Crippen LogP contribution in [-0.4, -0.2) is 35.8 Å². The summed E-state index contributed by atoms with van der Waals surface area (Å²) >= 11 is 0. The van der Waals surface area contributed by atoms with Crippen LogP contribution >= 0.6 is 0 Å². The van der Waals surface area contributed by atoms with E-state index >= 15 is 0 Å². The Bertz CT molecular complexity index is 483. The van der Waals surface area contributed by atoms with Gasteiger partial charge in [-0.05, 0) is 46.1 Å². The van der Waals surface area contributed by atoms with Crippen LogP contribution in [0.3, 0.4) is 0 Å². The molecule has 1 saturated heterocycles. The van der Waals surface area contributed by atoms with E-state index < -0.39 is 0 Å². The molecular weight excluding hydrogens is 262 g/mol. The summed E-state index contributed by atoms with van der Waals surface area (Å²) in [7, 11) is 0. The zero-order chi connectivity index (χ0) is 14.9. The van der Waals surface area contributed by atoms with Gasteiger partial charge in [0.15, 0.2) is 0 Å². The molecule has 0 radical (unpaired) electrons. The summed E-state index contributed by atoms with van der Waals surface area (Å²) in [6.45, 7) is 9.30. The molecule has 21 heavy (non-hydrogen) atoms. The number of rotatable bonds is 3. The Morgan fingerprint density at radius 2 is 2.24 bits per heavy atom. The molecule has 2 heterocycles. The van der Waals surface area contributed by atoms with E-state index in [1.54, 1.807) is 0 Å². The monoisotopic (exact) mass is 289 g/mol. The zero-order valence-corrected chi connectivity index (χ0v) is 13.4. The molecule has 0 spiro atoms. The fourth-order valence-electron chi connectivity index (χ4n) is 3.42. The van der Waals surface area contributed by atoms with Crippen LogP contribution in [0.1, 0.15) is 45.6 Å². The number of anilines is 1. The van der Waals surface area contributed by atoms with Crippen LogP contribution in [0.2, 0.25) is 0 Å². The largest absolute Gasteiger partial charge is 0.374 e. The molecule has 1 saturated carbocycles. The van der Waals surface area contributed by atoms with Crippen LogP contribution in [-0.2, 0) is 11.3 Å². The number of ether oxygens (including phenoxy) is 1. The van der Waals surface area contributed by atoms with E-state index in [1.165, 1.54) is 30.5 Å². The van der Waals surface area contributed by atoms with E-state index in [0.717, 1.165) is 19.7 Å². The number of fused-ring (bicyclic) bond motifs is 1. The molecule has 0 bridgehead atoms. The van der Waals surface area contributed by atoms with Crippen molar-refractivity contribution in [1.29, 1.82) is 0 Å². The van der Waals surface area contributed by atoms with Crippen LogP contribution < -0.4 is 10.2 Å². The van der Waals surface area contributed by atoms with Crippen molar-refractivity contribution >= 4 is 5.69 Å². The van der Waals surface area contributed by atoms with Gasteiger partial charge < -0.3 is 15.0 Å². The first-order valence-corrected chi connectivity index (χ1v) is 8.11. The minimum absolute atomic E-state index is 0.119. The predicted molar refractivity (Wildman–Crippen MR) is 85.6 cm³/mol. The molecule has 2 atom stereocenters. The number of nitrogens with one attached hydrogen (secondary N) is 1. The summed E-state index contributed by atoms with van der Waals surface area (Å²) in [5, 5.41) is 3.58. The predicted octanol–water partition coefficient (Wildman–Crippen LogP) is 2.73. The Balaban J connectivity index is 1.81. The molecule has 2 aliphatic rings. The average Bonchev–Trinajstić information content (AvgIpc) is 2.93. The van der Waals surface area contributed by atoms with Gasteiger partial charge >= 0.3 is 0 Å². The molecule has 1 N–H and O–H groups in total. The van der Waals surface area contributed by atoms with Gasteiger partial charge in [0.05, 0.1) is 18.8 Å². The third kappa shape index (κ3) is 3.38. The lowest BCUT2D eigenvalue weighted by Gasteiger charge is -2.40. The number of pyridine rings is 1. The quantitative estimate of drug-likeness (QED) is 0.928. The fourth-order valence-corrected chi connectivity index (χ4v) is 3.42. The molecule has 1 aliphatic heterocycles. The lowest BCUT2D eigenvalue weighted by atomic mass is 10.1. The van der Waals surface area contributed by atoms with Gasteiger partial charge in [-0.2, -0.15) is 0 Å². The average molecular weight is 289 g/mol. The fraction of sp³-hybridized carbons (Fsp3) is 0.706. The maximum Gasteiger partial charge on any atom is 0.0779 e. The minimum Gasteiger partial charge on any atom is -0.374 e. The molecule has 1 aromatic heterocycles. The second-order valence-corrected chi connectivity index (χ2v) is 7.21. The first-order chi connectivity index (χ1) is 10.0. The lowest BCUT2D eigenvalue weighted by Crippen LogP contribution is -2.49. The zero-order valence-electron chi connectivity index (χ0n) is 13.4. The molecule has 0 amide bonds. The smallest absolute Gasteiger partial charge is 0.0779 e. The second-order valence-electron chi connectivity index (χ2n) is 7.21. The van der Waals surface area contributed by atoms with Crippen LogP contribution in [0.4, 0.5) is 5.69 Å². The van der Waals surface area contributed by atoms with Crippen molar-refractivity contribution in [2.45, 2.75) is 64.3 Å². The third-order valence-corrected chi connectivity index (χ3v) is 4.48.